The molecule has 26 heavy (non-hydrogen) atoms. The van der Waals surface area contributed by atoms with E-state index in [0.29, 0.717) is 19.4 Å². The largest absolute Gasteiger partial charge is 0.326 e. The van der Waals surface area contributed by atoms with Gasteiger partial charge in [-0.3, -0.25) is 4.79 Å². The zero-order valence-corrected chi connectivity index (χ0v) is 15.9. The number of benzene rings is 2. The van der Waals surface area contributed by atoms with E-state index in [1.54, 1.807) is 30.3 Å². The van der Waals surface area contributed by atoms with Crippen molar-refractivity contribution in [3.05, 3.63) is 59.7 Å². The lowest BCUT2D eigenvalue weighted by atomic mass is 9.98. The summed E-state index contributed by atoms with van der Waals surface area (Å²) < 4.78 is 27.0. The second-order valence-electron chi connectivity index (χ2n) is 6.82. The van der Waals surface area contributed by atoms with Crippen molar-refractivity contribution >= 4 is 21.6 Å². The number of aryl methyl sites for hydroxylation is 2. The van der Waals surface area contributed by atoms with Gasteiger partial charge in [-0.2, -0.15) is 4.31 Å². The van der Waals surface area contributed by atoms with Crippen molar-refractivity contribution in [1.82, 2.24) is 4.31 Å². The molecule has 1 amide bonds. The van der Waals surface area contributed by atoms with Gasteiger partial charge >= 0.3 is 0 Å². The van der Waals surface area contributed by atoms with Gasteiger partial charge < -0.3 is 5.32 Å². The van der Waals surface area contributed by atoms with Crippen LogP contribution in [0.25, 0.3) is 0 Å². The molecule has 1 N–H and O–H groups in total. The summed E-state index contributed by atoms with van der Waals surface area (Å²) in [5.41, 5.74) is 2.86. The highest BCUT2D eigenvalue weighted by Gasteiger charge is 2.33. The lowest BCUT2D eigenvalue weighted by Gasteiger charge is -2.31. The third-order valence-corrected chi connectivity index (χ3v) is 6.67. The van der Waals surface area contributed by atoms with E-state index in [2.05, 4.69) is 5.32 Å². The fourth-order valence-electron chi connectivity index (χ4n) is 3.22. The number of sulfonamides is 1. The Hall–Kier alpha value is -2.18. The Kier molecular flexibility index (Phi) is 5.44. The molecule has 1 unspecified atom stereocenters. The fourth-order valence-corrected chi connectivity index (χ4v) is 4.77. The van der Waals surface area contributed by atoms with Crippen LogP contribution in [0.2, 0.25) is 0 Å². The van der Waals surface area contributed by atoms with Crippen LogP contribution in [-0.4, -0.2) is 31.7 Å². The van der Waals surface area contributed by atoms with Crippen molar-refractivity contribution < 1.29 is 13.2 Å². The maximum absolute atomic E-state index is 12.8. The van der Waals surface area contributed by atoms with Crippen LogP contribution < -0.4 is 5.32 Å². The smallest absolute Gasteiger partial charge is 0.243 e. The topological polar surface area (TPSA) is 66.5 Å². The third-order valence-electron chi connectivity index (χ3n) is 4.79. The number of hydrogen-bond donors (Lipinski definition) is 1. The molecule has 0 aromatic heterocycles. The summed E-state index contributed by atoms with van der Waals surface area (Å²) in [7, 11) is -3.56. The Morgan fingerprint density at radius 2 is 1.85 bits per heavy atom. The van der Waals surface area contributed by atoms with E-state index in [1.165, 1.54) is 4.31 Å². The van der Waals surface area contributed by atoms with E-state index >= 15 is 0 Å². The molecule has 2 aromatic carbocycles. The predicted octanol–water partition coefficient (Wildman–Crippen LogP) is 3.34. The van der Waals surface area contributed by atoms with Crippen LogP contribution >= 0.6 is 0 Å². The number of nitrogens with one attached hydrogen (secondary N) is 1. The summed E-state index contributed by atoms with van der Waals surface area (Å²) >= 11 is 0. The lowest BCUT2D eigenvalue weighted by molar-refractivity contribution is -0.120. The van der Waals surface area contributed by atoms with Crippen LogP contribution in [0.15, 0.2) is 53.4 Å². The van der Waals surface area contributed by atoms with Crippen LogP contribution in [0.5, 0.6) is 0 Å². The Balaban J connectivity index is 1.74. The summed E-state index contributed by atoms with van der Waals surface area (Å²) in [5.74, 6) is -0.464. The summed E-state index contributed by atoms with van der Waals surface area (Å²) in [6.07, 6.45) is 1.37. The SMILES string of the molecule is Cc1ccc(C)c(NC(=O)C2CCCN(S(=O)(=O)c3ccccc3)C2)c1. The number of hydrogen-bond acceptors (Lipinski definition) is 3. The molecule has 2 aromatic rings. The molecule has 6 heteroatoms. The maximum Gasteiger partial charge on any atom is 0.243 e. The normalized spacial score (nSPS) is 18.5. The number of amides is 1. The van der Waals surface area contributed by atoms with Crippen molar-refractivity contribution in [3.63, 3.8) is 0 Å². The maximum atomic E-state index is 12.8. The third kappa shape index (κ3) is 3.97. The number of piperidine rings is 1. The zero-order chi connectivity index (χ0) is 18.7. The van der Waals surface area contributed by atoms with Crippen molar-refractivity contribution in [2.24, 2.45) is 5.92 Å². The molecule has 0 radical (unpaired) electrons. The molecule has 1 saturated heterocycles. The minimum absolute atomic E-state index is 0.119. The van der Waals surface area contributed by atoms with Gasteiger partial charge in [0.1, 0.15) is 0 Å². The van der Waals surface area contributed by atoms with Crippen LogP contribution in [0.3, 0.4) is 0 Å². The summed E-state index contributed by atoms with van der Waals surface area (Å²) in [4.78, 5) is 13.0. The van der Waals surface area contributed by atoms with Gasteiger partial charge in [-0.05, 0) is 56.0 Å². The quantitative estimate of drug-likeness (QED) is 0.895. The molecule has 1 aliphatic rings. The fraction of sp³-hybridized carbons (Fsp3) is 0.350. The number of anilines is 1. The monoisotopic (exact) mass is 372 g/mol. The molecule has 1 atom stereocenters. The van der Waals surface area contributed by atoms with Gasteiger partial charge in [0.05, 0.1) is 10.8 Å². The van der Waals surface area contributed by atoms with Crippen LogP contribution in [-0.2, 0) is 14.8 Å². The number of carbonyl (C=O) groups excluding carboxylic acids is 1. The van der Waals surface area contributed by atoms with Crippen molar-refractivity contribution in [2.75, 3.05) is 18.4 Å². The highest BCUT2D eigenvalue weighted by Crippen LogP contribution is 2.25. The average Bonchev–Trinajstić information content (AvgIpc) is 2.65. The highest BCUT2D eigenvalue weighted by atomic mass is 32.2. The minimum atomic E-state index is -3.56. The molecule has 1 aliphatic heterocycles. The van der Waals surface area contributed by atoms with Crippen LogP contribution in [0.4, 0.5) is 5.69 Å². The Bertz CT molecular complexity index is 895. The summed E-state index contributed by atoms with van der Waals surface area (Å²) in [5, 5.41) is 2.97. The molecular weight excluding hydrogens is 348 g/mol. The average molecular weight is 372 g/mol. The van der Waals surface area contributed by atoms with Crippen molar-refractivity contribution in [2.45, 2.75) is 31.6 Å². The van der Waals surface area contributed by atoms with E-state index in [0.717, 1.165) is 16.8 Å². The van der Waals surface area contributed by atoms with Gasteiger partial charge in [-0.15, -0.1) is 0 Å². The molecule has 0 bridgehead atoms. The molecule has 1 fully saturated rings. The molecule has 138 valence electrons. The Labute approximate surface area is 155 Å². The minimum Gasteiger partial charge on any atom is -0.326 e. The molecule has 5 nitrogen and oxygen atoms in total. The van der Waals surface area contributed by atoms with E-state index in [1.807, 2.05) is 32.0 Å². The van der Waals surface area contributed by atoms with Gasteiger partial charge in [0.15, 0.2) is 0 Å². The molecular formula is C20H24N2O3S. The summed E-state index contributed by atoms with van der Waals surface area (Å²) in [6.45, 7) is 4.59. The number of carbonyl (C=O) groups is 1. The molecule has 1 heterocycles. The zero-order valence-electron chi connectivity index (χ0n) is 15.1. The highest BCUT2D eigenvalue weighted by molar-refractivity contribution is 7.89. The van der Waals surface area contributed by atoms with E-state index in [9.17, 15) is 13.2 Å². The lowest BCUT2D eigenvalue weighted by Crippen LogP contribution is -2.43. The second-order valence-corrected chi connectivity index (χ2v) is 8.76. The Morgan fingerprint density at radius 3 is 2.58 bits per heavy atom. The standard InChI is InChI=1S/C20H24N2O3S/c1-15-10-11-16(2)19(13-15)21-20(23)17-7-6-12-22(14-17)26(24,25)18-8-4-3-5-9-18/h3-5,8-11,13,17H,6-7,12,14H2,1-2H3,(H,21,23). The molecule has 0 saturated carbocycles. The first-order valence-corrected chi connectivity index (χ1v) is 10.3. The van der Waals surface area contributed by atoms with Gasteiger partial charge in [0.25, 0.3) is 0 Å². The molecule has 0 spiro atoms. The van der Waals surface area contributed by atoms with Crippen molar-refractivity contribution in [1.29, 1.82) is 0 Å². The first-order valence-electron chi connectivity index (χ1n) is 8.81. The van der Waals surface area contributed by atoms with E-state index in [4.69, 9.17) is 0 Å². The number of nitrogens with zero attached hydrogens (tertiary/aromatic N) is 1. The molecule has 3 rings (SSSR count). The predicted molar refractivity (Wildman–Crippen MR) is 102 cm³/mol. The Morgan fingerprint density at radius 1 is 1.12 bits per heavy atom. The van der Waals surface area contributed by atoms with Gasteiger partial charge in [0.2, 0.25) is 15.9 Å². The van der Waals surface area contributed by atoms with Gasteiger partial charge in [0, 0.05) is 18.8 Å². The van der Waals surface area contributed by atoms with E-state index < -0.39 is 10.0 Å². The summed E-state index contributed by atoms with van der Waals surface area (Å²) in [6, 6.07) is 14.3. The van der Waals surface area contributed by atoms with Crippen LogP contribution in [0.1, 0.15) is 24.0 Å². The van der Waals surface area contributed by atoms with Gasteiger partial charge in [-0.25, -0.2) is 8.42 Å². The van der Waals surface area contributed by atoms with Gasteiger partial charge in [-0.1, -0.05) is 30.3 Å². The van der Waals surface area contributed by atoms with E-state index in [-0.39, 0.29) is 23.3 Å². The first kappa shape index (κ1) is 18.6. The second kappa shape index (κ2) is 7.60. The van der Waals surface area contributed by atoms with Crippen molar-refractivity contribution in [3.8, 4) is 0 Å². The molecule has 0 aliphatic carbocycles. The number of rotatable bonds is 4. The first-order chi connectivity index (χ1) is 12.4. The van der Waals surface area contributed by atoms with Crippen LogP contribution in [0, 0.1) is 19.8 Å².